The Labute approximate surface area is 492 Å². The van der Waals surface area contributed by atoms with Gasteiger partial charge in [0.1, 0.15) is 19.3 Å². The average molecular weight is 1200 g/mol. The zero-order chi connectivity index (χ0) is 60.3. The fourth-order valence-corrected chi connectivity index (χ4v) is 10.7. The molecule has 0 aromatic heterocycles. The van der Waals surface area contributed by atoms with Gasteiger partial charge in [0, 0.05) is 25.7 Å². The first-order chi connectivity index (χ1) is 38.7. The van der Waals surface area contributed by atoms with Crippen molar-refractivity contribution < 1.29 is 80.2 Å². The normalized spacial score (nSPS) is 14.4. The van der Waals surface area contributed by atoms with E-state index in [4.69, 9.17) is 37.0 Å². The number of phosphoric acid groups is 2. The molecule has 0 saturated carbocycles. The molecular formula is C62H120O17P2. The second-order valence-electron chi connectivity index (χ2n) is 23.9. The maximum absolute atomic E-state index is 12.9. The highest BCUT2D eigenvalue weighted by Gasteiger charge is 2.30. The number of unbranched alkanes of at least 4 members (excludes halogenated alkanes) is 28. The van der Waals surface area contributed by atoms with Crippen LogP contribution in [0.15, 0.2) is 0 Å². The minimum Gasteiger partial charge on any atom is -0.462 e. The summed E-state index contributed by atoms with van der Waals surface area (Å²) in [5.74, 6) is -0.117. The monoisotopic (exact) mass is 1200 g/mol. The Bertz CT molecular complexity index is 1610. The van der Waals surface area contributed by atoms with Gasteiger partial charge < -0.3 is 33.8 Å². The van der Waals surface area contributed by atoms with E-state index in [1.54, 1.807) is 0 Å². The summed E-state index contributed by atoms with van der Waals surface area (Å²) in [6.07, 6.45) is 33.9. The molecule has 0 aliphatic heterocycles. The largest absolute Gasteiger partial charge is 0.472 e. The highest BCUT2D eigenvalue weighted by molar-refractivity contribution is 7.47. The summed E-state index contributed by atoms with van der Waals surface area (Å²) < 4.78 is 67.8. The van der Waals surface area contributed by atoms with Gasteiger partial charge in [0.15, 0.2) is 12.2 Å². The van der Waals surface area contributed by atoms with Gasteiger partial charge in [0.25, 0.3) is 0 Å². The Morgan fingerprint density at radius 2 is 0.568 bits per heavy atom. The van der Waals surface area contributed by atoms with E-state index >= 15 is 0 Å². The Morgan fingerprint density at radius 3 is 0.840 bits per heavy atom. The number of ether oxygens (including phenoxy) is 4. The van der Waals surface area contributed by atoms with E-state index in [-0.39, 0.29) is 25.7 Å². The zero-order valence-electron chi connectivity index (χ0n) is 52.2. The Morgan fingerprint density at radius 1 is 0.333 bits per heavy atom. The summed E-state index contributed by atoms with van der Waals surface area (Å²) in [4.78, 5) is 72.0. The Kier molecular flexibility index (Phi) is 52.2. The molecular weight excluding hydrogens is 1080 g/mol. The molecule has 81 heavy (non-hydrogen) atoms. The highest BCUT2D eigenvalue weighted by Crippen LogP contribution is 2.45. The number of carbonyl (C=O) groups is 4. The van der Waals surface area contributed by atoms with Crippen LogP contribution in [-0.4, -0.2) is 96.7 Å². The topological polar surface area (TPSA) is 237 Å². The third-order valence-electron chi connectivity index (χ3n) is 14.1. The number of aliphatic hydroxyl groups excluding tert-OH is 1. The molecule has 0 fully saturated rings. The van der Waals surface area contributed by atoms with Crippen molar-refractivity contribution in [3.8, 4) is 0 Å². The van der Waals surface area contributed by atoms with E-state index in [1.807, 2.05) is 0 Å². The number of carbonyl (C=O) groups excluding carboxylic acids is 4. The molecule has 19 heteroatoms. The van der Waals surface area contributed by atoms with Gasteiger partial charge in [-0.05, 0) is 43.4 Å². The summed E-state index contributed by atoms with van der Waals surface area (Å²) in [6, 6.07) is 0. The van der Waals surface area contributed by atoms with Crippen LogP contribution in [0, 0.1) is 17.8 Å². The third-order valence-corrected chi connectivity index (χ3v) is 16.0. The quantitative estimate of drug-likeness (QED) is 0.0222. The molecule has 5 atom stereocenters. The maximum atomic E-state index is 12.9. The second-order valence-corrected chi connectivity index (χ2v) is 26.8. The fraction of sp³-hybridized carbons (Fsp3) is 0.935. The first-order valence-electron chi connectivity index (χ1n) is 32.3. The number of aliphatic hydroxyl groups is 1. The molecule has 2 unspecified atom stereocenters. The van der Waals surface area contributed by atoms with Gasteiger partial charge in [-0.15, -0.1) is 0 Å². The predicted octanol–water partition coefficient (Wildman–Crippen LogP) is 16.7. The molecule has 0 aromatic rings. The zero-order valence-corrected chi connectivity index (χ0v) is 54.0. The highest BCUT2D eigenvalue weighted by atomic mass is 31.2. The Balaban J connectivity index is 5.22. The molecule has 0 aliphatic rings. The molecule has 0 bridgehead atoms. The van der Waals surface area contributed by atoms with Crippen LogP contribution in [0.4, 0.5) is 0 Å². The summed E-state index contributed by atoms with van der Waals surface area (Å²) in [7, 11) is -9.88. The molecule has 0 aliphatic carbocycles. The standard InChI is InChI=1S/C62H120O17P2/c1-8-9-10-11-12-13-14-15-16-17-18-19-31-38-45-61(66)78-57(49-72-59(64)43-36-29-23-20-26-33-40-53(2)3)51-76-80(68,69)74-47-56(63)48-75-81(70,71)77-52-58(79-62(67)46-39-32-25-22-28-35-42-55(6)7)50-73-60(65)44-37-30-24-21-27-34-41-54(4)5/h53-58,63H,8-52H2,1-7H3,(H,68,69)(H,70,71)/t56-,57-,58-/m1/s1. The van der Waals surface area contributed by atoms with E-state index in [0.717, 1.165) is 103 Å². The number of rotatable bonds is 60. The van der Waals surface area contributed by atoms with E-state index < -0.39 is 97.5 Å². The van der Waals surface area contributed by atoms with Crippen LogP contribution < -0.4 is 0 Å². The lowest BCUT2D eigenvalue weighted by Crippen LogP contribution is -2.30. The third kappa shape index (κ3) is 56.9. The predicted molar refractivity (Wildman–Crippen MR) is 321 cm³/mol. The van der Waals surface area contributed by atoms with Gasteiger partial charge >= 0.3 is 39.5 Å². The van der Waals surface area contributed by atoms with Gasteiger partial charge in [-0.1, -0.05) is 248 Å². The lowest BCUT2D eigenvalue weighted by Gasteiger charge is -2.21. The molecule has 0 spiro atoms. The van der Waals surface area contributed by atoms with Crippen molar-refractivity contribution in [2.24, 2.45) is 17.8 Å². The van der Waals surface area contributed by atoms with Crippen LogP contribution in [0.5, 0.6) is 0 Å². The summed E-state index contributed by atoms with van der Waals surface area (Å²) in [6.45, 7) is 11.5. The number of hydrogen-bond donors (Lipinski definition) is 3. The second kappa shape index (κ2) is 53.5. The first-order valence-corrected chi connectivity index (χ1v) is 35.3. The molecule has 3 N–H and O–H groups in total. The van der Waals surface area contributed by atoms with Crippen LogP contribution >= 0.6 is 15.6 Å². The van der Waals surface area contributed by atoms with Crippen molar-refractivity contribution >= 4 is 39.5 Å². The molecule has 0 rings (SSSR count). The van der Waals surface area contributed by atoms with Crippen molar-refractivity contribution in [2.45, 2.75) is 317 Å². The number of phosphoric ester groups is 2. The SMILES string of the molecule is CCCCCCCCCCCCCCCCC(=O)O[C@H](COC(=O)CCCCCCCCC(C)C)COP(=O)(O)OC[C@@H](O)COP(=O)(O)OC[C@@H](COC(=O)CCCCCCCCC(C)C)OC(=O)CCCCCCCCC(C)C. The molecule has 0 amide bonds. The van der Waals surface area contributed by atoms with E-state index in [0.29, 0.717) is 43.4 Å². The van der Waals surface area contributed by atoms with E-state index in [2.05, 4.69) is 48.5 Å². The smallest absolute Gasteiger partial charge is 0.462 e. The van der Waals surface area contributed by atoms with Crippen LogP contribution in [0.1, 0.15) is 299 Å². The average Bonchev–Trinajstić information content (AvgIpc) is 3.41. The fourth-order valence-electron chi connectivity index (χ4n) is 9.13. The Hall–Kier alpha value is -1.94. The van der Waals surface area contributed by atoms with Crippen LogP contribution in [0.2, 0.25) is 0 Å². The summed E-state index contributed by atoms with van der Waals surface area (Å²) in [5.41, 5.74) is 0. The molecule has 0 radical (unpaired) electrons. The maximum Gasteiger partial charge on any atom is 0.472 e. The van der Waals surface area contributed by atoms with Crippen molar-refractivity contribution in [2.75, 3.05) is 39.6 Å². The van der Waals surface area contributed by atoms with Crippen molar-refractivity contribution in [3.63, 3.8) is 0 Å². The molecule has 0 heterocycles. The molecule has 17 nitrogen and oxygen atoms in total. The lowest BCUT2D eigenvalue weighted by molar-refractivity contribution is -0.161. The van der Waals surface area contributed by atoms with Crippen LogP contribution in [0.25, 0.3) is 0 Å². The van der Waals surface area contributed by atoms with Crippen molar-refractivity contribution in [3.05, 3.63) is 0 Å². The molecule has 0 saturated heterocycles. The van der Waals surface area contributed by atoms with Gasteiger partial charge in [0.2, 0.25) is 0 Å². The van der Waals surface area contributed by atoms with Crippen molar-refractivity contribution in [1.82, 2.24) is 0 Å². The van der Waals surface area contributed by atoms with E-state index in [1.165, 1.54) is 96.3 Å². The minimum absolute atomic E-state index is 0.101. The lowest BCUT2D eigenvalue weighted by atomic mass is 10.0. The van der Waals surface area contributed by atoms with Crippen LogP contribution in [-0.2, 0) is 65.4 Å². The number of hydrogen-bond acceptors (Lipinski definition) is 15. The molecule has 0 aromatic carbocycles. The van der Waals surface area contributed by atoms with Gasteiger partial charge in [-0.2, -0.15) is 0 Å². The van der Waals surface area contributed by atoms with Gasteiger partial charge in [-0.25, -0.2) is 9.13 Å². The number of esters is 4. The van der Waals surface area contributed by atoms with Gasteiger partial charge in [0.05, 0.1) is 26.4 Å². The van der Waals surface area contributed by atoms with Gasteiger partial charge in [-0.3, -0.25) is 37.3 Å². The van der Waals surface area contributed by atoms with Crippen LogP contribution in [0.3, 0.4) is 0 Å². The van der Waals surface area contributed by atoms with Crippen molar-refractivity contribution in [1.29, 1.82) is 0 Å². The molecule has 480 valence electrons. The first kappa shape index (κ1) is 79.1. The minimum atomic E-state index is -4.94. The summed E-state index contributed by atoms with van der Waals surface area (Å²) in [5, 5.41) is 10.5. The summed E-state index contributed by atoms with van der Waals surface area (Å²) >= 11 is 0. The van der Waals surface area contributed by atoms with E-state index in [9.17, 15) is 43.2 Å².